The number of carbonyl (C=O) groups excluding carboxylic acids is 1. The maximum absolute atomic E-state index is 12.0. The van der Waals surface area contributed by atoms with Gasteiger partial charge in [0.15, 0.2) is 0 Å². The summed E-state index contributed by atoms with van der Waals surface area (Å²) in [6, 6.07) is 10.2. The first-order valence-electron chi connectivity index (χ1n) is 8.78. The highest BCUT2D eigenvalue weighted by Gasteiger charge is 2.33. The monoisotopic (exact) mass is 303 g/mol. The standard InChI is InChI=1S/C19H29NO2/c1-2-3-4-5-6-10-13-18-14-17(15-19(21)20(18)22)16-11-8-7-9-12-16/h7-9,11-12,17-18,22H,2-6,10,13-15H2,1H3/t17-,18+/m1/s1. The Morgan fingerprint density at radius 3 is 2.50 bits per heavy atom. The lowest BCUT2D eigenvalue weighted by Crippen LogP contribution is -2.43. The van der Waals surface area contributed by atoms with E-state index in [0.717, 1.165) is 24.3 Å². The second-order valence-corrected chi connectivity index (χ2v) is 6.50. The van der Waals surface area contributed by atoms with Crippen molar-refractivity contribution in [1.29, 1.82) is 0 Å². The molecule has 0 aliphatic carbocycles. The predicted molar refractivity (Wildman–Crippen MR) is 88.8 cm³/mol. The van der Waals surface area contributed by atoms with Crippen LogP contribution in [0.15, 0.2) is 30.3 Å². The fraction of sp³-hybridized carbons (Fsp3) is 0.632. The topological polar surface area (TPSA) is 40.5 Å². The summed E-state index contributed by atoms with van der Waals surface area (Å²) in [5.74, 6) is 0.123. The van der Waals surface area contributed by atoms with Gasteiger partial charge in [-0.2, -0.15) is 0 Å². The summed E-state index contributed by atoms with van der Waals surface area (Å²) in [5, 5.41) is 11.0. The largest absolute Gasteiger partial charge is 0.286 e. The van der Waals surface area contributed by atoms with Crippen molar-refractivity contribution in [1.82, 2.24) is 5.06 Å². The Balaban J connectivity index is 1.83. The molecule has 0 aromatic heterocycles. The Labute approximate surface area is 134 Å². The molecule has 1 aliphatic heterocycles. The van der Waals surface area contributed by atoms with Crippen molar-refractivity contribution in [3.63, 3.8) is 0 Å². The van der Waals surface area contributed by atoms with Gasteiger partial charge in [0, 0.05) is 6.42 Å². The van der Waals surface area contributed by atoms with Gasteiger partial charge in [0.05, 0.1) is 6.04 Å². The van der Waals surface area contributed by atoms with Crippen molar-refractivity contribution in [3.8, 4) is 0 Å². The molecule has 1 amide bonds. The number of unbranched alkanes of at least 4 members (excludes halogenated alkanes) is 5. The average molecular weight is 303 g/mol. The summed E-state index contributed by atoms with van der Waals surface area (Å²) in [5.41, 5.74) is 1.22. The van der Waals surface area contributed by atoms with E-state index in [9.17, 15) is 10.0 Å². The first-order chi connectivity index (χ1) is 10.7. The van der Waals surface area contributed by atoms with E-state index in [0.29, 0.717) is 6.42 Å². The van der Waals surface area contributed by atoms with Crippen LogP contribution in [0.5, 0.6) is 0 Å². The van der Waals surface area contributed by atoms with Gasteiger partial charge in [0.25, 0.3) is 0 Å². The highest BCUT2D eigenvalue weighted by atomic mass is 16.5. The molecule has 1 aliphatic rings. The zero-order valence-corrected chi connectivity index (χ0v) is 13.7. The lowest BCUT2D eigenvalue weighted by molar-refractivity contribution is -0.184. The zero-order valence-electron chi connectivity index (χ0n) is 13.7. The van der Waals surface area contributed by atoms with Crippen LogP contribution in [0.1, 0.15) is 76.2 Å². The van der Waals surface area contributed by atoms with Gasteiger partial charge in [0.2, 0.25) is 5.91 Å². The van der Waals surface area contributed by atoms with Crippen LogP contribution in [0, 0.1) is 0 Å². The van der Waals surface area contributed by atoms with Gasteiger partial charge in [-0.3, -0.25) is 10.0 Å². The molecule has 2 atom stereocenters. The molecule has 3 nitrogen and oxygen atoms in total. The number of hydroxylamine groups is 2. The zero-order chi connectivity index (χ0) is 15.8. The Kier molecular flexibility index (Phi) is 6.91. The maximum atomic E-state index is 12.0. The fourth-order valence-corrected chi connectivity index (χ4v) is 3.40. The highest BCUT2D eigenvalue weighted by Crippen LogP contribution is 2.33. The van der Waals surface area contributed by atoms with Gasteiger partial charge in [-0.1, -0.05) is 75.8 Å². The number of hydrogen-bond donors (Lipinski definition) is 1. The van der Waals surface area contributed by atoms with Crippen LogP contribution in [0.25, 0.3) is 0 Å². The number of piperidine rings is 1. The van der Waals surface area contributed by atoms with E-state index < -0.39 is 0 Å². The molecule has 3 heteroatoms. The second kappa shape index (κ2) is 8.94. The van der Waals surface area contributed by atoms with E-state index in [2.05, 4.69) is 19.1 Å². The minimum atomic E-state index is -0.129. The van der Waals surface area contributed by atoms with Gasteiger partial charge in [-0.05, 0) is 24.3 Å². The third kappa shape index (κ3) is 4.84. The smallest absolute Gasteiger partial charge is 0.246 e. The molecule has 1 fully saturated rings. The third-order valence-electron chi connectivity index (χ3n) is 4.74. The highest BCUT2D eigenvalue weighted by molar-refractivity contribution is 5.77. The fourth-order valence-electron chi connectivity index (χ4n) is 3.40. The molecule has 1 heterocycles. The maximum Gasteiger partial charge on any atom is 0.246 e. The number of carbonyl (C=O) groups is 1. The number of rotatable bonds is 8. The van der Waals surface area contributed by atoms with E-state index >= 15 is 0 Å². The van der Waals surface area contributed by atoms with Crippen molar-refractivity contribution in [2.24, 2.45) is 0 Å². The molecule has 2 rings (SSSR count). The van der Waals surface area contributed by atoms with Crippen LogP contribution in [0.4, 0.5) is 0 Å². The normalized spacial score (nSPS) is 22.1. The molecule has 0 bridgehead atoms. The summed E-state index contributed by atoms with van der Waals surface area (Å²) >= 11 is 0. The van der Waals surface area contributed by atoms with E-state index in [1.54, 1.807) is 0 Å². The SMILES string of the molecule is CCCCCCCC[C@H]1C[C@@H](c2ccccc2)CC(=O)N1O. The van der Waals surface area contributed by atoms with Gasteiger partial charge in [-0.15, -0.1) is 0 Å². The van der Waals surface area contributed by atoms with Crippen molar-refractivity contribution in [3.05, 3.63) is 35.9 Å². The molecule has 0 radical (unpaired) electrons. The van der Waals surface area contributed by atoms with Crippen molar-refractivity contribution >= 4 is 5.91 Å². The second-order valence-electron chi connectivity index (χ2n) is 6.50. The Morgan fingerprint density at radius 1 is 1.09 bits per heavy atom. The first kappa shape index (κ1) is 17.0. The van der Waals surface area contributed by atoms with E-state index in [-0.39, 0.29) is 17.9 Å². The molecule has 0 spiro atoms. The van der Waals surface area contributed by atoms with Crippen LogP contribution in [-0.4, -0.2) is 22.2 Å². The van der Waals surface area contributed by atoms with Crippen LogP contribution in [-0.2, 0) is 4.79 Å². The minimum absolute atomic E-state index is 0.0161. The quantitative estimate of drug-likeness (QED) is 0.548. The van der Waals surface area contributed by atoms with Crippen LogP contribution >= 0.6 is 0 Å². The number of nitrogens with zero attached hydrogens (tertiary/aromatic N) is 1. The minimum Gasteiger partial charge on any atom is -0.286 e. The number of amides is 1. The summed E-state index contributed by atoms with van der Waals surface area (Å²) in [6.07, 6.45) is 9.66. The van der Waals surface area contributed by atoms with Gasteiger partial charge in [-0.25, -0.2) is 5.06 Å². The lowest BCUT2D eigenvalue weighted by atomic mass is 9.84. The summed E-state index contributed by atoms with van der Waals surface area (Å²) in [6.45, 7) is 2.22. The van der Waals surface area contributed by atoms with E-state index in [4.69, 9.17) is 0 Å². The predicted octanol–water partition coefficient (Wildman–Crippen LogP) is 4.90. The van der Waals surface area contributed by atoms with Crippen molar-refractivity contribution < 1.29 is 10.0 Å². The third-order valence-corrected chi connectivity index (χ3v) is 4.74. The van der Waals surface area contributed by atoms with Crippen LogP contribution < -0.4 is 0 Å². The average Bonchev–Trinajstić information content (AvgIpc) is 2.55. The van der Waals surface area contributed by atoms with Gasteiger partial charge in [0.1, 0.15) is 0 Å². The van der Waals surface area contributed by atoms with Crippen molar-refractivity contribution in [2.75, 3.05) is 0 Å². The van der Waals surface area contributed by atoms with Crippen molar-refractivity contribution in [2.45, 2.75) is 76.7 Å². The van der Waals surface area contributed by atoms with Gasteiger partial charge < -0.3 is 0 Å². The molecule has 22 heavy (non-hydrogen) atoms. The molecule has 1 aromatic carbocycles. The number of benzene rings is 1. The van der Waals surface area contributed by atoms with E-state index in [1.165, 1.54) is 37.7 Å². The molecule has 122 valence electrons. The molecule has 0 saturated carbocycles. The van der Waals surface area contributed by atoms with E-state index in [1.807, 2.05) is 18.2 Å². The molecule has 0 unspecified atom stereocenters. The van der Waals surface area contributed by atoms with Crippen LogP contribution in [0.2, 0.25) is 0 Å². The Morgan fingerprint density at radius 2 is 1.77 bits per heavy atom. The molecular formula is C19H29NO2. The summed E-state index contributed by atoms with van der Waals surface area (Å²) in [7, 11) is 0. The number of hydrogen-bond acceptors (Lipinski definition) is 2. The molecule has 1 N–H and O–H groups in total. The Hall–Kier alpha value is -1.35. The first-order valence-corrected chi connectivity index (χ1v) is 8.78. The lowest BCUT2D eigenvalue weighted by Gasteiger charge is -2.35. The van der Waals surface area contributed by atoms with Gasteiger partial charge >= 0.3 is 0 Å². The Bertz CT molecular complexity index is 446. The van der Waals surface area contributed by atoms with Crippen LogP contribution in [0.3, 0.4) is 0 Å². The summed E-state index contributed by atoms with van der Waals surface area (Å²) in [4.78, 5) is 12.0. The molecule has 1 saturated heterocycles. The summed E-state index contributed by atoms with van der Waals surface area (Å²) < 4.78 is 0. The molecular weight excluding hydrogens is 274 g/mol. The molecule has 1 aromatic rings.